The Morgan fingerprint density at radius 3 is 2.83 bits per heavy atom. The van der Waals surface area contributed by atoms with Crippen molar-refractivity contribution >= 4 is 11.8 Å². The molecular weight excluding hydrogens is 298 g/mol. The summed E-state index contributed by atoms with van der Waals surface area (Å²) in [5, 5.41) is 6.80. The van der Waals surface area contributed by atoms with E-state index in [0.29, 0.717) is 6.54 Å². The highest BCUT2D eigenvalue weighted by Gasteiger charge is 2.18. The van der Waals surface area contributed by atoms with Gasteiger partial charge in [0.1, 0.15) is 5.82 Å². The molecule has 5 nitrogen and oxygen atoms in total. The first-order valence-electron chi connectivity index (χ1n) is 9.16. The lowest BCUT2D eigenvalue weighted by Gasteiger charge is -2.26. The van der Waals surface area contributed by atoms with Gasteiger partial charge in [-0.25, -0.2) is 4.98 Å². The lowest BCUT2D eigenvalue weighted by Crippen LogP contribution is -2.38. The first-order valence-corrected chi connectivity index (χ1v) is 9.16. The van der Waals surface area contributed by atoms with Crippen molar-refractivity contribution in [2.45, 2.75) is 45.6 Å². The summed E-state index contributed by atoms with van der Waals surface area (Å²) in [5.41, 5.74) is 1.02. The third-order valence-corrected chi connectivity index (χ3v) is 4.80. The Hall–Kier alpha value is -1.78. The maximum absolute atomic E-state index is 4.62. The summed E-state index contributed by atoms with van der Waals surface area (Å²) in [6, 6.07) is 6.10. The van der Waals surface area contributed by atoms with E-state index in [9.17, 15) is 0 Å². The van der Waals surface area contributed by atoms with Crippen LogP contribution < -0.4 is 15.5 Å². The highest BCUT2D eigenvalue weighted by atomic mass is 15.2. The normalized spacial score (nSPS) is 21.4. The molecule has 1 fully saturated rings. The van der Waals surface area contributed by atoms with E-state index >= 15 is 0 Å². The minimum absolute atomic E-state index is 0.682. The zero-order chi connectivity index (χ0) is 17.4. The fourth-order valence-electron chi connectivity index (χ4n) is 3.43. The van der Waals surface area contributed by atoms with Crippen LogP contribution in [0.3, 0.4) is 0 Å². The van der Waals surface area contributed by atoms with Gasteiger partial charge in [-0.05, 0) is 36.8 Å². The minimum Gasteiger partial charge on any atom is -0.363 e. The molecule has 1 aromatic rings. The number of anilines is 1. The summed E-state index contributed by atoms with van der Waals surface area (Å²) >= 11 is 0. The number of nitrogens with one attached hydrogen (secondary N) is 2. The van der Waals surface area contributed by atoms with Gasteiger partial charge in [-0.2, -0.15) is 0 Å². The molecule has 0 saturated heterocycles. The molecule has 2 N–H and O–H groups in total. The van der Waals surface area contributed by atoms with E-state index in [1.165, 1.54) is 32.1 Å². The smallest absolute Gasteiger partial charge is 0.191 e. The SMILES string of the molecule is CN=C(NCCC1CCCC(C)C1)NCc1cccc(N(C)C)n1. The molecule has 134 valence electrons. The summed E-state index contributed by atoms with van der Waals surface area (Å²) in [6.07, 6.45) is 6.81. The van der Waals surface area contributed by atoms with Crippen molar-refractivity contribution in [3.8, 4) is 0 Å². The van der Waals surface area contributed by atoms with E-state index in [1.807, 2.05) is 44.2 Å². The van der Waals surface area contributed by atoms with Gasteiger partial charge in [0.25, 0.3) is 0 Å². The van der Waals surface area contributed by atoms with Gasteiger partial charge in [0.15, 0.2) is 5.96 Å². The zero-order valence-electron chi connectivity index (χ0n) is 15.7. The van der Waals surface area contributed by atoms with Crippen molar-refractivity contribution in [2.75, 3.05) is 32.6 Å². The van der Waals surface area contributed by atoms with E-state index in [2.05, 4.69) is 27.5 Å². The molecule has 0 aliphatic heterocycles. The highest BCUT2D eigenvalue weighted by molar-refractivity contribution is 5.79. The Balaban J connectivity index is 1.73. The van der Waals surface area contributed by atoms with Crippen molar-refractivity contribution < 1.29 is 0 Å². The van der Waals surface area contributed by atoms with Crippen LogP contribution in [0.4, 0.5) is 5.82 Å². The van der Waals surface area contributed by atoms with Crippen LogP contribution in [-0.2, 0) is 6.54 Å². The number of guanidine groups is 1. The zero-order valence-corrected chi connectivity index (χ0v) is 15.7. The van der Waals surface area contributed by atoms with Crippen LogP contribution in [0.1, 0.15) is 44.7 Å². The van der Waals surface area contributed by atoms with Gasteiger partial charge in [0, 0.05) is 27.7 Å². The molecule has 1 heterocycles. The maximum atomic E-state index is 4.62. The molecule has 1 aliphatic carbocycles. The monoisotopic (exact) mass is 331 g/mol. The summed E-state index contributed by atoms with van der Waals surface area (Å²) in [7, 11) is 5.83. The summed E-state index contributed by atoms with van der Waals surface area (Å²) in [6.45, 7) is 4.05. The third-order valence-electron chi connectivity index (χ3n) is 4.80. The predicted octanol–water partition coefficient (Wildman–Crippen LogP) is 3.03. The summed E-state index contributed by atoms with van der Waals surface area (Å²) in [5.74, 6) is 3.61. The van der Waals surface area contributed by atoms with Gasteiger partial charge in [-0.3, -0.25) is 4.99 Å². The van der Waals surface area contributed by atoms with Crippen LogP contribution in [0.2, 0.25) is 0 Å². The summed E-state index contributed by atoms with van der Waals surface area (Å²) < 4.78 is 0. The van der Waals surface area contributed by atoms with E-state index in [1.54, 1.807) is 0 Å². The number of nitrogens with zero attached hydrogens (tertiary/aromatic N) is 3. The van der Waals surface area contributed by atoms with Gasteiger partial charge in [0.05, 0.1) is 12.2 Å². The molecule has 1 saturated carbocycles. The fraction of sp³-hybridized carbons (Fsp3) is 0.684. The molecule has 2 rings (SSSR count). The lowest BCUT2D eigenvalue weighted by molar-refractivity contribution is 0.270. The summed E-state index contributed by atoms with van der Waals surface area (Å²) in [4.78, 5) is 11.0. The molecule has 5 heteroatoms. The Labute approximate surface area is 147 Å². The van der Waals surface area contributed by atoms with Crippen LogP contribution in [-0.4, -0.2) is 38.6 Å². The quantitative estimate of drug-likeness (QED) is 0.621. The molecule has 0 bridgehead atoms. The molecular formula is C19H33N5. The fourth-order valence-corrected chi connectivity index (χ4v) is 3.43. The van der Waals surface area contributed by atoms with Crippen LogP contribution in [0.15, 0.2) is 23.2 Å². The minimum atomic E-state index is 0.682. The van der Waals surface area contributed by atoms with Gasteiger partial charge in [-0.15, -0.1) is 0 Å². The number of aromatic nitrogens is 1. The molecule has 24 heavy (non-hydrogen) atoms. The second-order valence-electron chi connectivity index (χ2n) is 7.16. The van der Waals surface area contributed by atoms with Crippen LogP contribution in [0.25, 0.3) is 0 Å². The average molecular weight is 332 g/mol. The number of hydrogen-bond donors (Lipinski definition) is 2. The Bertz CT molecular complexity index is 526. The van der Waals surface area contributed by atoms with Gasteiger partial charge in [0.2, 0.25) is 0 Å². The maximum Gasteiger partial charge on any atom is 0.191 e. The molecule has 0 radical (unpaired) electrons. The van der Waals surface area contributed by atoms with Crippen LogP contribution in [0.5, 0.6) is 0 Å². The van der Waals surface area contributed by atoms with Crippen molar-refractivity contribution in [2.24, 2.45) is 16.8 Å². The molecule has 1 aliphatic rings. The first-order chi connectivity index (χ1) is 11.6. The van der Waals surface area contributed by atoms with Gasteiger partial charge in [-0.1, -0.05) is 32.3 Å². The largest absolute Gasteiger partial charge is 0.363 e. The molecule has 1 aromatic heterocycles. The number of hydrogen-bond acceptors (Lipinski definition) is 3. The van der Waals surface area contributed by atoms with E-state index in [4.69, 9.17) is 0 Å². The second-order valence-corrected chi connectivity index (χ2v) is 7.16. The number of rotatable bonds is 6. The number of pyridine rings is 1. The third kappa shape index (κ3) is 6.02. The topological polar surface area (TPSA) is 52.6 Å². The first kappa shape index (κ1) is 18.6. The van der Waals surface area contributed by atoms with Crippen LogP contribution >= 0.6 is 0 Å². The predicted molar refractivity (Wildman–Crippen MR) is 103 cm³/mol. The molecule has 2 unspecified atom stereocenters. The Morgan fingerprint density at radius 2 is 2.12 bits per heavy atom. The molecule has 0 spiro atoms. The standard InChI is InChI=1S/C19H33N5/c1-15-7-5-8-16(13-15)11-12-21-19(20-2)22-14-17-9-6-10-18(23-17)24(3)4/h6,9-10,15-16H,5,7-8,11-14H2,1-4H3,(H2,20,21,22). The molecule has 0 amide bonds. The average Bonchev–Trinajstić information content (AvgIpc) is 2.58. The van der Waals surface area contributed by atoms with Gasteiger partial charge >= 0.3 is 0 Å². The lowest BCUT2D eigenvalue weighted by atomic mass is 9.81. The van der Waals surface area contributed by atoms with Crippen molar-refractivity contribution in [3.05, 3.63) is 23.9 Å². The van der Waals surface area contributed by atoms with Crippen molar-refractivity contribution in [1.29, 1.82) is 0 Å². The second kappa shape index (κ2) is 9.50. The number of aliphatic imine (C=N–C) groups is 1. The highest BCUT2D eigenvalue weighted by Crippen LogP contribution is 2.30. The Kier molecular flexibility index (Phi) is 7.35. The van der Waals surface area contributed by atoms with E-state index < -0.39 is 0 Å². The van der Waals surface area contributed by atoms with Crippen molar-refractivity contribution in [3.63, 3.8) is 0 Å². The van der Waals surface area contributed by atoms with E-state index in [0.717, 1.165) is 35.9 Å². The molecule has 2 atom stereocenters. The van der Waals surface area contributed by atoms with Gasteiger partial charge < -0.3 is 15.5 Å². The Morgan fingerprint density at radius 1 is 1.29 bits per heavy atom. The van der Waals surface area contributed by atoms with E-state index in [-0.39, 0.29) is 0 Å². The van der Waals surface area contributed by atoms with Crippen LogP contribution in [0, 0.1) is 11.8 Å². The molecule has 0 aromatic carbocycles. The van der Waals surface area contributed by atoms with Crippen molar-refractivity contribution in [1.82, 2.24) is 15.6 Å².